The highest BCUT2D eigenvalue weighted by Gasteiger charge is 2.22. The van der Waals surface area contributed by atoms with E-state index in [1.54, 1.807) is 6.20 Å². The molecule has 3 heterocycles. The molecule has 50 heavy (non-hydrogen) atoms. The molecule has 2 aromatic carbocycles. The Hall–Kier alpha value is -4.09. The van der Waals surface area contributed by atoms with Crippen LogP contribution in [0, 0.1) is 6.92 Å². The number of aliphatic hydroxyl groups excluding tert-OH is 1. The van der Waals surface area contributed by atoms with Crippen molar-refractivity contribution in [3.8, 4) is 11.3 Å². The van der Waals surface area contributed by atoms with E-state index in [1.807, 2.05) is 95.4 Å². The van der Waals surface area contributed by atoms with Gasteiger partial charge in [0.15, 0.2) is 0 Å². The number of halogens is 2. The van der Waals surface area contributed by atoms with E-state index < -0.39 is 0 Å². The predicted molar refractivity (Wildman–Crippen MR) is 206 cm³/mol. The van der Waals surface area contributed by atoms with Crippen molar-refractivity contribution in [1.82, 2.24) is 24.8 Å². The van der Waals surface area contributed by atoms with Crippen molar-refractivity contribution in [2.24, 2.45) is 0 Å². The smallest absolute Gasteiger partial charge is 0.227 e. The van der Waals surface area contributed by atoms with Gasteiger partial charge in [0.05, 0.1) is 23.0 Å². The molecule has 0 aliphatic carbocycles. The van der Waals surface area contributed by atoms with Gasteiger partial charge in [-0.25, -0.2) is 9.97 Å². The fourth-order valence-corrected chi connectivity index (χ4v) is 6.06. The van der Waals surface area contributed by atoms with Crippen LogP contribution in [0.1, 0.15) is 74.8 Å². The first-order valence-corrected chi connectivity index (χ1v) is 17.5. The van der Waals surface area contributed by atoms with Crippen LogP contribution in [0.5, 0.6) is 0 Å². The maximum Gasteiger partial charge on any atom is 0.227 e. The molecule has 1 aliphatic rings. The zero-order valence-corrected chi connectivity index (χ0v) is 31.6. The quantitative estimate of drug-likeness (QED) is 0.106. The second-order valence-corrected chi connectivity index (χ2v) is 11.7. The van der Waals surface area contributed by atoms with Crippen LogP contribution in [0.2, 0.25) is 10.0 Å². The van der Waals surface area contributed by atoms with E-state index in [0.717, 1.165) is 59.7 Å². The Kier molecular flexibility index (Phi) is 21.2. The Labute approximate surface area is 307 Å². The number of nitrogens with one attached hydrogen (secondary N) is 2. The van der Waals surface area contributed by atoms with E-state index in [1.165, 1.54) is 5.56 Å². The summed E-state index contributed by atoms with van der Waals surface area (Å²) >= 11 is 13.0. The third-order valence-electron chi connectivity index (χ3n) is 7.98. The standard InChI is InChI=1S/C32H36Cl2N6O2.2C2H6.2CH2O/c1-21-17-36-32(37-29-7-6-23(15-28(29)34)22-8-11-39(2)12-9-22)38-31(21)25-16-30(40(18-25)13-10-35-20-42)27(19-41)24-4-3-5-26(33)14-24;4*1-2/h3-7,14-18,20,22,27,41H,8-13,19H2,1-2H3,(H,35,42)(H,36,37,38);2*1-2H3;2*1H2. The highest BCUT2D eigenvalue weighted by atomic mass is 35.5. The minimum atomic E-state index is -0.310. The topological polar surface area (TPSA) is 129 Å². The number of aryl methyl sites for hydroxylation is 1. The second-order valence-electron chi connectivity index (χ2n) is 10.9. The van der Waals surface area contributed by atoms with E-state index >= 15 is 0 Å². The lowest BCUT2D eigenvalue weighted by Crippen LogP contribution is -2.29. The summed E-state index contributed by atoms with van der Waals surface area (Å²) < 4.78 is 2.04. The van der Waals surface area contributed by atoms with Crippen molar-refractivity contribution in [2.75, 3.05) is 38.6 Å². The molecule has 12 heteroatoms. The fraction of sp³-hybridized carbons (Fsp3) is 0.395. The Morgan fingerprint density at radius 3 is 2.30 bits per heavy atom. The first-order valence-electron chi connectivity index (χ1n) is 16.8. The molecule has 3 N–H and O–H groups in total. The summed E-state index contributed by atoms with van der Waals surface area (Å²) in [6, 6.07) is 15.7. The van der Waals surface area contributed by atoms with Crippen LogP contribution in [0.15, 0.2) is 60.9 Å². The van der Waals surface area contributed by atoms with Crippen molar-refractivity contribution in [1.29, 1.82) is 0 Å². The molecule has 272 valence electrons. The van der Waals surface area contributed by atoms with Gasteiger partial charge in [-0.1, -0.05) is 69.1 Å². The molecule has 1 saturated heterocycles. The number of carbonyl (C=O) groups is 3. The summed E-state index contributed by atoms with van der Waals surface area (Å²) in [7, 11) is 2.16. The number of hydrogen-bond donors (Lipinski definition) is 3. The highest BCUT2D eigenvalue weighted by Crippen LogP contribution is 2.35. The van der Waals surface area contributed by atoms with Crippen LogP contribution in [0.25, 0.3) is 11.3 Å². The van der Waals surface area contributed by atoms with Crippen LogP contribution in [-0.2, 0) is 20.9 Å². The average molecular weight is 728 g/mol. The number of aliphatic hydroxyl groups is 1. The molecule has 1 atom stereocenters. The van der Waals surface area contributed by atoms with Gasteiger partial charge in [0.25, 0.3) is 0 Å². The minimum Gasteiger partial charge on any atom is -0.395 e. The zero-order valence-electron chi connectivity index (χ0n) is 30.1. The molecule has 0 spiro atoms. The normalized spacial score (nSPS) is 13.0. The van der Waals surface area contributed by atoms with Crippen molar-refractivity contribution >= 4 is 54.8 Å². The molecule has 5 rings (SSSR count). The summed E-state index contributed by atoms with van der Waals surface area (Å²) in [5, 5.41) is 17.7. The van der Waals surface area contributed by atoms with Crippen molar-refractivity contribution in [3.05, 3.63) is 93.4 Å². The first-order chi connectivity index (χ1) is 24.4. The summed E-state index contributed by atoms with van der Waals surface area (Å²) in [5.74, 6) is 0.648. The van der Waals surface area contributed by atoms with Gasteiger partial charge >= 0.3 is 0 Å². The molecule has 1 aliphatic heterocycles. The summed E-state index contributed by atoms with van der Waals surface area (Å²) in [6.07, 6.45) is 6.73. The monoisotopic (exact) mass is 726 g/mol. The predicted octanol–water partition coefficient (Wildman–Crippen LogP) is 7.67. The number of benzene rings is 2. The Bertz CT molecular complexity index is 1570. The number of piperidine rings is 1. The van der Waals surface area contributed by atoms with Gasteiger partial charge in [0, 0.05) is 47.7 Å². The van der Waals surface area contributed by atoms with Crippen LogP contribution < -0.4 is 10.6 Å². The second kappa shape index (κ2) is 24.1. The SMILES string of the molecule is C=O.C=O.CC.CC.Cc1cnc(Nc2ccc(C3CCN(C)CC3)cc2Cl)nc1-c1cc(C(CO)c2cccc(Cl)c2)n(CCNC=O)c1. The minimum absolute atomic E-state index is 0.105. The molecule has 4 aromatic rings. The van der Waals surface area contributed by atoms with Gasteiger partial charge in [-0.3, -0.25) is 4.79 Å². The van der Waals surface area contributed by atoms with Crippen LogP contribution >= 0.6 is 23.2 Å². The lowest BCUT2D eigenvalue weighted by atomic mass is 9.89. The van der Waals surface area contributed by atoms with Gasteiger partial charge in [-0.2, -0.15) is 0 Å². The number of hydrogen-bond acceptors (Lipinski definition) is 8. The van der Waals surface area contributed by atoms with Crippen LogP contribution in [-0.4, -0.2) is 77.8 Å². The van der Waals surface area contributed by atoms with Crippen molar-refractivity contribution in [2.45, 2.75) is 65.8 Å². The molecular formula is C38H52Cl2N6O4. The Balaban J connectivity index is 0.00000146. The Morgan fingerprint density at radius 1 is 1.02 bits per heavy atom. The third kappa shape index (κ3) is 12.4. The molecule has 1 amide bonds. The zero-order chi connectivity index (χ0) is 37.6. The van der Waals surface area contributed by atoms with Gasteiger partial charge in [-0.05, 0) is 92.8 Å². The lowest BCUT2D eigenvalue weighted by Gasteiger charge is -2.29. The molecule has 0 radical (unpaired) electrons. The molecule has 2 aromatic heterocycles. The van der Waals surface area contributed by atoms with E-state index in [2.05, 4.69) is 39.7 Å². The third-order valence-corrected chi connectivity index (χ3v) is 8.52. The summed E-state index contributed by atoms with van der Waals surface area (Å²) in [5.41, 5.74) is 6.35. The number of likely N-dealkylation sites (tertiary alicyclic amines) is 1. The van der Waals surface area contributed by atoms with E-state index in [-0.39, 0.29) is 12.5 Å². The average Bonchev–Trinajstić information content (AvgIpc) is 3.57. The summed E-state index contributed by atoms with van der Waals surface area (Å²) in [6.45, 7) is 17.0. The van der Waals surface area contributed by atoms with E-state index in [0.29, 0.717) is 41.4 Å². The van der Waals surface area contributed by atoms with Crippen LogP contribution in [0.4, 0.5) is 11.6 Å². The number of carbonyl (C=O) groups excluding carboxylic acids is 3. The molecule has 10 nitrogen and oxygen atoms in total. The van der Waals surface area contributed by atoms with E-state index in [9.17, 15) is 9.90 Å². The first kappa shape index (κ1) is 43.9. The summed E-state index contributed by atoms with van der Waals surface area (Å²) in [4.78, 5) is 38.7. The number of rotatable bonds is 11. The number of aromatic nitrogens is 3. The van der Waals surface area contributed by atoms with Gasteiger partial charge in [0.1, 0.15) is 13.6 Å². The van der Waals surface area contributed by atoms with Crippen LogP contribution in [0.3, 0.4) is 0 Å². The molecular weight excluding hydrogens is 675 g/mol. The molecule has 0 saturated carbocycles. The number of amides is 1. The van der Waals surface area contributed by atoms with Crippen molar-refractivity contribution in [3.63, 3.8) is 0 Å². The van der Waals surface area contributed by atoms with Gasteiger partial charge < -0.3 is 34.8 Å². The number of nitrogens with zero attached hydrogens (tertiary/aromatic N) is 4. The number of anilines is 2. The maximum atomic E-state index is 10.9. The largest absolute Gasteiger partial charge is 0.395 e. The highest BCUT2D eigenvalue weighted by molar-refractivity contribution is 6.33. The van der Waals surface area contributed by atoms with Crippen molar-refractivity contribution < 1.29 is 19.5 Å². The fourth-order valence-electron chi connectivity index (χ4n) is 5.63. The lowest BCUT2D eigenvalue weighted by molar-refractivity contribution is -0.109. The van der Waals surface area contributed by atoms with Gasteiger partial charge in [0.2, 0.25) is 12.4 Å². The maximum absolute atomic E-state index is 10.9. The van der Waals surface area contributed by atoms with Gasteiger partial charge in [-0.15, -0.1) is 0 Å². The molecule has 0 bridgehead atoms. The molecule has 1 unspecified atom stereocenters. The molecule has 1 fully saturated rings. The Morgan fingerprint density at radius 2 is 1.70 bits per heavy atom. The van der Waals surface area contributed by atoms with E-state index in [4.69, 9.17) is 37.8 Å².